The lowest BCUT2D eigenvalue weighted by atomic mass is 9.95. The van der Waals surface area contributed by atoms with E-state index in [0.29, 0.717) is 6.54 Å². The molecule has 0 aromatic heterocycles. The third kappa shape index (κ3) is 3.70. The highest BCUT2D eigenvalue weighted by molar-refractivity contribution is 5.73. The van der Waals surface area contributed by atoms with Crippen molar-refractivity contribution in [3.63, 3.8) is 0 Å². The fourth-order valence-electron chi connectivity index (χ4n) is 1.30. The average Bonchev–Trinajstić information content (AvgIpc) is 2.28. The number of hydrogen-bond acceptors (Lipinski definition) is 3. The van der Waals surface area contributed by atoms with E-state index in [2.05, 4.69) is 5.32 Å². The fraction of sp³-hybridized carbons (Fsp3) is 0.462. The number of aliphatic carboxylic acids is 1. The van der Waals surface area contributed by atoms with Crippen LogP contribution in [0.25, 0.3) is 0 Å². The van der Waals surface area contributed by atoms with Gasteiger partial charge in [0.2, 0.25) is 0 Å². The van der Waals surface area contributed by atoms with Gasteiger partial charge in [0, 0.05) is 6.54 Å². The number of ether oxygens (including phenoxy) is 1. The number of halogens is 1. The van der Waals surface area contributed by atoms with Gasteiger partial charge < -0.3 is 15.2 Å². The number of rotatable bonds is 6. The minimum atomic E-state index is -1.05. The molecule has 2 N–H and O–H groups in total. The van der Waals surface area contributed by atoms with Crippen LogP contribution in [-0.2, 0) is 11.3 Å². The van der Waals surface area contributed by atoms with E-state index in [1.165, 1.54) is 26.0 Å². The van der Waals surface area contributed by atoms with E-state index >= 15 is 0 Å². The largest absolute Gasteiger partial charge is 0.489 e. The zero-order valence-electron chi connectivity index (χ0n) is 10.8. The first kappa shape index (κ1) is 14.4. The molecule has 0 aliphatic carbocycles. The smallest absolute Gasteiger partial charge is 0.312 e. The summed E-state index contributed by atoms with van der Waals surface area (Å²) in [6.07, 6.45) is 0. The molecule has 1 rings (SSSR count). The second kappa shape index (κ2) is 5.82. The van der Waals surface area contributed by atoms with Gasteiger partial charge >= 0.3 is 5.97 Å². The molecular weight excluding hydrogens is 237 g/mol. The molecule has 0 fully saturated rings. The van der Waals surface area contributed by atoms with Crippen LogP contribution in [0.2, 0.25) is 0 Å². The maximum atomic E-state index is 13.6. The van der Waals surface area contributed by atoms with Crippen LogP contribution >= 0.6 is 0 Å². The van der Waals surface area contributed by atoms with Crippen molar-refractivity contribution < 1.29 is 19.0 Å². The molecule has 1 aromatic carbocycles. The molecule has 1 aromatic rings. The highest BCUT2D eigenvalue weighted by Crippen LogP contribution is 2.22. The lowest BCUT2D eigenvalue weighted by Gasteiger charge is -2.19. The summed E-state index contributed by atoms with van der Waals surface area (Å²) in [6, 6.07) is 4.63. The lowest BCUT2D eigenvalue weighted by Crippen LogP contribution is -2.30. The Hall–Kier alpha value is -1.62. The standard InChI is InChI=1S/C13H18FNO3/c1-13(2,12(16)17)8-18-11-5-4-9(7-15-3)6-10(11)14/h4-6,15H,7-8H2,1-3H3,(H,16,17). The third-order valence-corrected chi connectivity index (χ3v) is 2.54. The molecule has 0 aliphatic rings. The number of hydrogen-bond donors (Lipinski definition) is 2. The summed E-state index contributed by atoms with van der Waals surface area (Å²) in [5.41, 5.74) is -0.240. The van der Waals surface area contributed by atoms with Crippen LogP contribution < -0.4 is 10.1 Å². The van der Waals surface area contributed by atoms with Gasteiger partial charge in [0.05, 0.1) is 5.41 Å². The third-order valence-electron chi connectivity index (χ3n) is 2.54. The summed E-state index contributed by atoms with van der Waals surface area (Å²) in [4.78, 5) is 10.9. The zero-order valence-corrected chi connectivity index (χ0v) is 10.8. The van der Waals surface area contributed by atoms with Gasteiger partial charge in [-0.1, -0.05) is 6.07 Å². The van der Waals surface area contributed by atoms with Crippen LogP contribution in [0.1, 0.15) is 19.4 Å². The Morgan fingerprint density at radius 3 is 2.67 bits per heavy atom. The van der Waals surface area contributed by atoms with Crippen molar-refractivity contribution >= 4 is 5.97 Å². The van der Waals surface area contributed by atoms with Crippen molar-refractivity contribution in [2.24, 2.45) is 5.41 Å². The van der Waals surface area contributed by atoms with E-state index in [9.17, 15) is 9.18 Å². The van der Waals surface area contributed by atoms with Gasteiger partial charge in [-0.15, -0.1) is 0 Å². The Morgan fingerprint density at radius 1 is 1.50 bits per heavy atom. The van der Waals surface area contributed by atoms with Gasteiger partial charge in [-0.3, -0.25) is 4.79 Å². The van der Waals surface area contributed by atoms with Crippen LogP contribution in [0.15, 0.2) is 18.2 Å². The van der Waals surface area contributed by atoms with E-state index in [4.69, 9.17) is 9.84 Å². The highest BCUT2D eigenvalue weighted by atomic mass is 19.1. The van der Waals surface area contributed by atoms with Crippen molar-refractivity contribution in [2.75, 3.05) is 13.7 Å². The normalized spacial score (nSPS) is 11.3. The number of carboxylic acids is 1. The summed E-state index contributed by atoms with van der Waals surface area (Å²) in [5, 5.41) is 11.8. The Kier molecular flexibility index (Phi) is 4.67. The molecule has 0 unspecified atom stereocenters. The van der Waals surface area contributed by atoms with Gasteiger partial charge in [0.25, 0.3) is 0 Å². The number of carboxylic acid groups (broad SMARTS) is 1. The molecule has 0 heterocycles. The van der Waals surface area contributed by atoms with E-state index in [1.807, 2.05) is 0 Å². The molecule has 0 saturated heterocycles. The predicted molar refractivity (Wildman–Crippen MR) is 66.1 cm³/mol. The topological polar surface area (TPSA) is 58.6 Å². The second-order valence-corrected chi connectivity index (χ2v) is 4.77. The summed E-state index contributed by atoms with van der Waals surface area (Å²) in [5.74, 6) is -1.39. The van der Waals surface area contributed by atoms with Crippen LogP contribution in [0.4, 0.5) is 4.39 Å². The van der Waals surface area contributed by atoms with Crippen molar-refractivity contribution in [1.29, 1.82) is 0 Å². The van der Waals surface area contributed by atoms with Crippen molar-refractivity contribution in [1.82, 2.24) is 5.32 Å². The second-order valence-electron chi connectivity index (χ2n) is 4.77. The first-order valence-electron chi connectivity index (χ1n) is 5.66. The summed E-state index contributed by atoms with van der Waals surface area (Å²) in [7, 11) is 1.78. The molecule has 0 radical (unpaired) electrons. The van der Waals surface area contributed by atoms with Gasteiger partial charge in [0.1, 0.15) is 6.61 Å². The maximum Gasteiger partial charge on any atom is 0.312 e. The lowest BCUT2D eigenvalue weighted by molar-refractivity contribution is -0.148. The molecular formula is C13H18FNO3. The summed E-state index contributed by atoms with van der Waals surface area (Å²) in [6.45, 7) is 3.55. The van der Waals surface area contributed by atoms with E-state index in [0.717, 1.165) is 5.56 Å². The molecule has 0 spiro atoms. The molecule has 0 bridgehead atoms. The first-order valence-corrected chi connectivity index (χ1v) is 5.66. The molecule has 100 valence electrons. The van der Waals surface area contributed by atoms with Crippen LogP contribution in [0.5, 0.6) is 5.75 Å². The van der Waals surface area contributed by atoms with Crippen molar-refractivity contribution in [3.05, 3.63) is 29.6 Å². The molecule has 4 nitrogen and oxygen atoms in total. The monoisotopic (exact) mass is 255 g/mol. The predicted octanol–water partition coefficient (Wildman–Crippen LogP) is 2.03. The minimum Gasteiger partial charge on any atom is -0.489 e. The minimum absolute atomic E-state index is 0.0733. The van der Waals surface area contributed by atoms with Gasteiger partial charge in [-0.25, -0.2) is 4.39 Å². The molecule has 0 aliphatic heterocycles. The van der Waals surface area contributed by atoms with E-state index in [-0.39, 0.29) is 12.4 Å². The zero-order chi connectivity index (χ0) is 13.8. The Bertz CT molecular complexity index is 432. The molecule has 18 heavy (non-hydrogen) atoms. The number of benzene rings is 1. The highest BCUT2D eigenvalue weighted by Gasteiger charge is 2.28. The average molecular weight is 255 g/mol. The number of carbonyl (C=O) groups is 1. The molecule has 5 heteroatoms. The van der Waals surface area contributed by atoms with E-state index in [1.54, 1.807) is 13.1 Å². The Labute approximate surface area is 106 Å². The Morgan fingerprint density at radius 2 is 2.17 bits per heavy atom. The van der Waals surface area contributed by atoms with E-state index < -0.39 is 17.2 Å². The summed E-state index contributed by atoms with van der Waals surface area (Å²) >= 11 is 0. The maximum absolute atomic E-state index is 13.6. The first-order chi connectivity index (χ1) is 8.36. The van der Waals surface area contributed by atoms with Crippen molar-refractivity contribution in [3.8, 4) is 5.75 Å². The van der Waals surface area contributed by atoms with Gasteiger partial charge in [0.15, 0.2) is 11.6 Å². The van der Waals surface area contributed by atoms with Crippen LogP contribution in [-0.4, -0.2) is 24.7 Å². The van der Waals surface area contributed by atoms with Crippen LogP contribution in [0.3, 0.4) is 0 Å². The van der Waals surface area contributed by atoms with Gasteiger partial charge in [-0.2, -0.15) is 0 Å². The van der Waals surface area contributed by atoms with Gasteiger partial charge in [-0.05, 0) is 38.6 Å². The molecule has 0 atom stereocenters. The van der Waals surface area contributed by atoms with Crippen molar-refractivity contribution in [2.45, 2.75) is 20.4 Å². The summed E-state index contributed by atoms with van der Waals surface area (Å²) < 4.78 is 18.9. The number of nitrogens with one attached hydrogen (secondary N) is 1. The van der Waals surface area contributed by atoms with Crippen LogP contribution in [0, 0.1) is 11.2 Å². The fourth-order valence-corrected chi connectivity index (χ4v) is 1.30. The molecule has 0 amide bonds. The Balaban J connectivity index is 2.71. The SMILES string of the molecule is CNCc1ccc(OCC(C)(C)C(=O)O)c(F)c1. The molecule has 0 saturated carbocycles. The quantitative estimate of drug-likeness (QED) is 0.816.